The van der Waals surface area contributed by atoms with Crippen LogP contribution in [0.25, 0.3) is 17.0 Å². The molecule has 4 unspecified atom stereocenters. The molecular formula is C40H57N7O. The first-order valence-corrected chi connectivity index (χ1v) is 17.1. The van der Waals surface area contributed by atoms with Gasteiger partial charge >= 0.3 is 0 Å². The summed E-state index contributed by atoms with van der Waals surface area (Å²) >= 11 is 0. The molecule has 8 heteroatoms. The summed E-state index contributed by atoms with van der Waals surface area (Å²) in [6.07, 6.45) is 28.2. The Balaban J connectivity index is 0.000000564. The van der Waals surface area contributed by atoms with Gasteiger partial charge in [-0.15, -0.1) is 0 Å². The van der Waals surface area contributed by atoms with Gasteiger partial charge in [0.25, 0.3) is 0 Å². The second-order valence-corrected chi connectivity index (χ2v) is 12.3. The minimum atomic E-state index is 0.385. The predicted molar refractivity (Wildman–Crippen MR) is 204 cm³/mol. The maximum atomic E-state index is 8.01. The van der Waals surface area contributed by atoms with Crippen molar-refractivity contribution in [2.75, 3.05) is 20.1 Å². The quantitative estimate of drug-likeness (QED) is 0.0596. The molecule has 8 nitrogen and oxygen atoms in total. The molecule has 0 saturated heterocycles. The second kappa shape index (κ2) is 20.9. The smallest absolute Gasteiger partial charge is 0.162 e. The maximum absolute atomic E-state index is 8.01. The molecule has 2 aliphatic carbocycles. The molecule has 0 bridgehead atoms. The van der Waals surface area contributed by atoms with E-state index >= 15 is 0 Å². The Morgan fingerprint density at radius 1 is 1.23 bits per heavy atom. The third-order valence-electron chi connectivity index (χ3n) is 9.07. The Morgan fingerprint density at radius 2 is 2.00 bits per heavy atom. The Morgan fingerprint density at radius 3 is 2.50 bits per heavy atom. The zero-order chi connectivity index (χ0) is 35.5. The first-order valence-electron chi connectivity index (χ1n) is 17.1. The molecule has 0 aromatic carbocycles. The molecule has 0 spiro atoms. The highest BCUT2D eigenvalue weighted by Crippen LogP contribution is 2.55. The topological polar surface area (TPSA) is 120 Å². The van der Waals surface area contributed by atoms with E-state index in [1.54, 1.807) is 17.0 Å². The fourth-order valence-corrected chi connectivity index (χ4v) is 6.14. The minimum Gasteiger partial charge on any atom is -0.317 e. The van der Waals surface area contributed by atoms with E-state index in [-0.39, 0.29) is 0 Å². The molecule has 0 aliphatic heterocycles. The number of rotatable bonds is 17. The fraction of sp³-hybridized carbons (Fsp3) is 0.425. The van der Waals surface area contributed by atoms with Gasteiger partial charge in [-0.2, -0.15) is 5.10 Å². The Bertz CT molecular complexity index is 1480. The number of allylic oxidation sites excluding steroid dienone is 9. The Hall–Kier alpha value is -4.27. The van der Waals surface area contributed by atoms with Gasteiger partial charge in [-0.05, 0) is 100 Å². The number of carbonyl (C=O) groups excluding carboxylic acids is 1. The molecule has 0 radical (unpaired) electrons. The van der Waals surface area contributed by atoms with Crippen molar-refractivity contribution in [2.24, 2.45) is 17.3 Å². The lowest BCUT2D eigenvalue weighted by molar-refractivity contribution is -0.0980. The molecule has 4 rings (SSSR count). The van der Waals surface area contributed by atoms with Crippen molar-refractivity contribution in [3.8, 4) is 5.82 Å². The molecule has 258 valence electrons. The summed E-state index contributed by atoms with van der Waals surface area (Å²) in [4.78, 5) is 13.0. The van der Waals surface area contributed by atoms with Crippen LogP contribution >= 0.6 is 0 Å². The molecule has 2 aromatic heterocycles. The Kier molecular flexibility index (Phi) is 17.3. The van der Waals surface area contributed by atoms with Gasteiger partial charge in [-0.1, -0.05) is 82.0 Å². The van der Waals surface area contributed by atoms with E-state index in [2.05, 4.69) is 80.0 Å². The van der Waals surface area contributed by atoms with Gasteiger partial charge in [-0.25, -0.2) is 9.67 Å². The van der Waals surface area contributed by atoms with Crippen molar-refractivity contribution < 1.29 is 4.79 Å². The molecule has 2 heterocycles. The number of nitrogens with one attached hydrogen (secondary N) is 4. The summed E-state index contributed by atoms with van der Waals surface area (Å²) < 4.78 is 1.74. The van der Waals surface area contributed by atoms with Gasteiger partial charge in [0.2, 0.25) is 0 Å². The zero-order valence-corrected chi connectivity index (χ0v) is 29.8. The van der Waals surface area contributed by atoms with Gasteiger partial charge < -0.3 is 26.2 Å². The van der Waals surface area contributed by atoms with Crippen LogP contribution in [0.3, 0.4) is 0 Å². The minimum absolute atomic E-state index is 0.385. The summed E-state index contributed by atoms with van der Waals surface area (Å²) in [6.45, 7) is 20.3. The Labute approximate surface area is 288 Å². The largest absolute Gasteiger partial charge is 0.317 e. The van der Waals surface area contributed by atoms with E-state index in [1.165, 1.54) is 31.9 Å². The third-order valence-corrected chi connectivity index (χ3v) is 9.07. The van der Waals surface area contributed by atoms with Gasteiger partial charge in [0.05, 0.1) is 11.4 Å². The van der Waals surface area contributed by atoms with Crippen LogP contribution in [0.1, 0.15) is 81.8 Å². The van der Waals surface area contributed by atoms with Crippen molar-refractivity contribution >= 4 is 30.4 Å². The van der Waals surface area contributed by atoms with Crippen LogP contribution < -0.4 is 10.6 Å². The number of hydrogen-bond donors (Lipinski definition) is 4. The fourth-order valence-electron chi connectivity index (χ4n) is 6.14. The molecule has 4 atom stereocenters. The molecule has 2 aliphatic rings. The van der Waals surface area contributed by atoms with Crippen molar-refractivity contribution in [2.45, 2.75) is 72.3 Å². The normalized spacial score (nSPS) is 20.4. The van der Waals surface area contributed by atoms with E-state index in [1.807, 2.05) is 51.2 Å². The number of hydrogen-bond acceptors (Lipinski definition) is 7. The van der Waals surface area contributed by atoms with Gasteiger partial charge in [-0.3, -0.25) is 0 Å². The second-order valence-electron chi connectivity index (χ2n) is 12.3. The average Bonchev–Trinajstić information content (AvgIpc) is 3.67. The van der Waals surface area contributed by atoms with E-state index in [0.29, 0.717) is 34.7 Å². The van der Waals surface area contributed by atoms with E-state index in [9.17, 15) is 0 Å². The molecule has 4 N–H and O–H groups in total. The highest BCUT2D eigenvalue weighted by atomic mass is 16.1. The van der Waals surface area contributed by atoms with Gasteiger partial charge in [0, 0.05) is 42.0 Å². The summed E-state index contributed by atoms with van der Waals surface area (Å²) in [7, 11) is 2.05. The van der Waals surface area contributed by atoms with Crippen LogP contribution in [0.5, 0.6) is 0 Å². The molecule has 1 fully saturated rings. The van der Waals surface area contributed by atoms with Gasteiger partial charge in [0.1, 0.15) is 6.79 Å². The maximum Gasteiger partial charge on any atom is 0.162 e. The summed E-state index contributed by atoms with van der Waals surface area (Å²) in [6, 6.07) is 4.52. The molecule has 1 saturated carbocycles. The molecule has 0 amide bonds. The lowest BCUT2D eigenvalue weighted by atomic mass is 9.91. The highest BCUT2D eigenvalue weighted by molar-refractivity contribution is 5.91. The number of pyridine rings is 1. The lowest BCUT2D eigenvalue weighted by Crippen LogP contribution is -2.31. The average molecular weight is 652 g/mol. The van der Waals surface area contributed by atoms with Crippen LogP contribution in [-0.4, -0.2) is 60.2 Å². The van der Waals surface area contributed by atoms with Crippen molar-refractivity contribution in [3.63, 3.8) is 0 Å². The van der Waals surface area contributed by atoms with Crippen LogP contribution in [0.4, 0.5) is 0 Å². The van der Waals surface area contributed by atoms with Crippen LogP contribution in [0, 0.1) is 35.0 Å². The van der Waals surface area contributed by atoms with E-state index < -0.39 is 0 Å². The summed E-state index contributed by atoms with van der Waals surface area (Å²) in [5.74, 6) is 1.63. The van der Waals surface area contributed by atoms with Crippen LogP contribution in [-0.2, 0) is 4.79 Å². The lowest BCUT2D eigenvalue weighted by Gasteiger charge is -2.20. The van der Waals surface area contributed by atoms with Crippen LogP contribution in [0.15, 0.2) is 80.1 Å². The third kappa shape index (κ3) is 10.9. The van der Waals surface area contributed by atoms with Crippen LogP contribution in [0.2, 0.25) is 0 Å². The first-order chi connectivity index (χ1) is 23.3. The number of nitrogens with zero attached hydrogens (tertiary/aromatic N) is 3. The zero-order valence-electron chi connectivity index (χ0n) is 29.8. The van der Waals surface area contributed by atoms with E-state index in [0.717, 1.165) is 54.0 Å². The monoisotopic (exact) mass is 651 g/mol. The van der Waals surface area contributed by atoms with Gasteiger partial charge in [0.15, 0.2) is 5.82 Å². The first kappa shape index (κ1) is 39.9. The molecule has 2 aromatic rings. The highest BCUT2D eigenvalue weighted by Gasteiger charge is 2.48. The molecule has 48 heavy (non-hydrogen) atoms. The SMILES string of the molecule is C/C=C\C1(CC)CC1C=N.C=C/C=C(\C=C)c1cc(C=N)c(-n2ccc(C)n2)nc1C1=CCC(CNCCC(CCC)NC)C=C1.C=O. The van der Waals surface area contributed by atoms with Crippen molar-refractivity contribution in [1.82, 2.24) is 25.4 Å². The summed E-state index contributed by atoms with van der Waals surface area (Å²) in [5.41, 5.74) is 5.75. The van der Waals surface area contributed by atoms with Crippen molar-refractivity contribution in [1.29, 1.82) is 10.8 Å². The number of carbonyl (C=O) groups is 1. The standard InChI is InChI=1S/C30H40N6.C9H15N.CH2O/c1-6-9-24(8-3)28-19-26(20-31)30(36-18-16-22(4)35-36)34-29(28)25-13-11-23(12-14-25)21-33-17-15-27(32-5)10-7-2;1-3-5-9(4-2)6-8(9)7-10;1-2/h6,8-9,11,13-14,16,18-20,23,27,31-33H,1,3,7,10,12,15,17,21H2,2,4-5H3;3,5,7-8,10H,4,6H2,1-2H3;1H2/b24-9+,31-20?;5-3-,10-7?;. The molecular weight excluding hydrogens is 594 g/mol. The number of aromatic nitrogens is 3. The predicted octanol–water partition coefficient (Wildman–Crippen LogP) is 8.10. The van der Waals surface area contributed by atoms with Crippen molar-refractivity contribution in [3.05, 3.63) is 103 Å². The summed E-state index contributed by atoms with van der Waals surface area (Å²) in [5, 5.41) is 26.7. The van der Waals surface area contributed by atoms with E-state index in [4.69, 9.17) is 20.6 Å². The number of aryl methyl sites for hydroxylation is 1.